The van der Waals surface area contributed by atoms with Crippen LogP contribution in [0.1, 0.15) is 19.3 Å². The Hall–Kier alpha value is -1.82. The lowest BCUT2D eigenvalue weighted by Gasteiger charge is -2.41. The molecule has 2 rings (SSSR count). The molecular weight excluding hydrogens is 263 g/mol. The van der Waals surface area contributed by atoms with E-state index in [4.69, 9.17) is 9.47 Å². The number of hydrogen-bond donors (Lipinski definition) is 2. The number of nitrogens with one attached hydrogen (secondary N) is 2. The van der Waals surface area contributed by atoms with Gasteiger partial charge in [-0.2, -0.15) is 0 Å². The summed E-state index contributed by atoms with van der Waals surface area (Å²) in [7, 11) is 3.02. The molecule has 0 bridgehead atoms. The number of rotatable bonds is 5. The highest BCUT2D eigenvalue weighted by Gasteiger charge is 2.38. The quantitative estimate of drug-likeness (QED) is 0.872. The summed E-state index contributed by atoms with van der Waals surface area (Å²) in [4.78, 5) is 12.0. The second-order valence-corrected chi connectivity index (χ2v) is 4.96. The van der Waals surface area contributed by atoms with Gasteiger partial charge in [0.05, 0.1) is 19.3 Å². The van der Waals surface area contributed by atoms with Crippen molar-refractivity contribution < 1.29 is 18.7 Å². The summed E-state index contributed by atoms with van der Waals surface area (Å²) in [6, 6.07) is 3.93. The lowest BCUT2D eigenvalue weighted by atomic mass is 9.77. The third kappa shape index (κ3) is 3.01. The fraction of sp³-hybridized carbons (Fsp3) is 0.500. The summed E-state index contributed by atoms with van der Waals surface area (Å²) in [6.07, 6.45) is 2.78. The first-order valence-corrected chi connectivity index (χ1v) is 6.51. The van der Waals surface area contributed by atoms with Gasteiger partial charge in [-0.25, -0.2) is 9.18 Å². The highest BCUT2D eigenvalue weighted by molar-refractivity contribution is 5.91. The Kier molecular flexibility index (Phi) is 4.44. The van der Waals surface area contributed by atoms with Crippen LogP contribution in [0.2, 0.25) is 0 Å². The van der Waals surface area contributed by atoms with Crippen LogP contribution in [-0.4, -0.2) is 32.4 Å². The van der Waals surface area contributed by atoms with Gasteiger partial charge in [-0.15, -0.1) is 0 Å². The van der Waals surface area contributed by atoms with Gasteiger partial charge in [-0.05, 0) is 31.4 Å². The molecule has 6 heteroatoms. The van der Waals surface area contributed by atoms with Crippen molar-refractivity contribution in [3.63, 3.8) is 0 Å². The Morgan fingerprint density at radius 2 is 2.15 bits per heavy atom. The van der Waals surface area contributed by atoms with Crippen molar-refractivity contribution in [3.8, 4) is 5.75 Å². The van der Waals surface area contributed by atoms with E-state index in [9.17, 15) is 9.18 Å². The predicted molar refractivity (Wildman–Crippen MR) is 73.6 cm³/mol. The van der Waals surface area contributed by atoms with E-state index < -0.39 is 11.8 Å². The van der Waals surface area contributed by atoms with Gasteiger partial charge in [-0.1, -0.05) is 6.07 Å². The highest BCUT2D eigenvalue weighted by atomic mass is 19.1. The van der Waals surface area contributed by atoms with Crippen LogP contribution in [-0.2, 0) is 4.74 Å². The van der Waals surface area contributed by atoms with E-state index in [-0.39, 0.29) is 17.0 Å². The fourth-order valence-corrected chi connectivity index (χ4v) is 2.37. The number of amides is 2. The van der Waals surface area contributed by atoms with Gasteiger partial charge >= 0.3 is 6.03 Å². The number of urea groups is 1. The Morgan fingerprint density at radius 3 is 2.70 bits per heavy atom. The van der Waals surface area contributed by atoms with Crippen LogP contribution >= 0.6 is 0 Å². The van der Waals surface area contributed by atoms with Crippen molar-refractivity contribution in [1.82, 2.24) is 5.32 Å². The third-order valence-corrected chi connectivity index (χ3v) is 3.54. The van der Waals surface area contributed by atoms with E-state index >= 15 is 0 Å². The molecule has 0 heterocycles. The molecule has 1 fully saturated rings. The van der Waals surface area contributed by atoms with Crippen molar-refractivity contribution in [2.45, 2.75) is 24.8 Å². The molecule has 20 heavy (non-hydrogen) atoms. The molecule has 5 nitrogen and oxygen atoms in total. The van der Waals surface area contributed by atoms with E-state index in [0.29, 0.717) is 6.61 Å². The van der Waals surface area contributed by atoms with Crippen molar-refractivity contribution in [1.29, 1.82) is 0 Å². The number of halogens is 1. The van der Waals surface area contributed by atoms with Crippen LogP contribution in [0, 0.1) is 5.82 Å². The molecule has 0 unspecified atom stereocenters. The summed E-state index contributed by atoms with van der Waals surface area (Å²) in [5, 5.41) is 5.37. The number of ether oxygens (including phenoxy) is 2. The number of para-hydroxylation sites is 1. The minimum absolute atomic E-state index is 0.0411. The monoisotopic (exact) mass is 282 g/mol. The van der Waals surface area contributed by atoms with E-state index in [2.05, 4.69) is 10.6 Å². The van der Waals surface area contributed by atoms with Crippen LogP contribution in [0.3, 0.4) is 0 Å². The molecule has 1 aliphatic carbocycles. The molecule has 1 saturated carbocycles. The third-order valence-electron chi connectivity index (χ3n) is 3.54. The van der Waals surface area contributed by atoms with Gasteiger partial charge in [0.1, 0.15) is 11.4 Å². The molecule has 0 saturated heterocycles. The Bertz CT molecular complexity index is 489. The Morgan fingerprint density at radius 1 is 1.40 bits per heavy atom. The van der Waals surface area contributed by atoms with Crippen molar-refractivity contribution in [3.05, 3.63) is 24.0 Å². The van der Waals surface area contributed by atoms with Crippen molar-refractivity contribution in [2.24, 2.45) is 0 Å². The Labute approximate surface area is 117 Å². The smallest absolute Gasteiger partial charge is 0.319 e. The normalized spacial score (nSPS) is 16.1. The molecule has 1 aromatic carbocycles. The maximum atomic E-state index is 13.7. The zero-order chi connectivity index (χ0) is 14.6. The largest absolute Gasteiger partial charge is 0.494 e. The minimum atomic E-state index is -0.533. The highest BCUT2D eigenvalue weighted by Crippen LogP contribution is 2.32. The van der Waals surface area contributed by atoms with E-state index in [1.807, 2.05) is 0 Å². The lowest BCUT2D eigenvalue weighted by molar-refractivity contribution is 0.0648. The number of benzene rings is 1. The average molecular weight is 282 g/mol. The van der Waals surface area contributed by atoms with E-state index in [1.165, 1.54) is 19.2 Å². The molecule has 110 valence electrons. The topological polar surface area (TPSA) is 59.6 Å². The predicted octanol–water partition coefficient (Wildman–Crippen LogP) is 2.52. The first-order chi connectivity index (χ1) is 9.60. The van der Waals surface area contributed by atoms with Gasteiger partial charge in [-0.3, -0.25) is 0 Å². The standard InChI is InChI=1S/C14H19FN2O3/c1-19-9-14(7-4-8-14)17-13(18)16-12-10(15)5-3-6-11(12)20-2/h3,5-6H,4,7-9H2,1-2H3,(H2,16,17,18). The van der Waals surface area contributed by atoms with Crippen LogP contribution in [0.5, 0.6) is 5.75 Å². The molecular formula is C14H19FN2O3. The summed E-state index contributed by atoms with van der Waals surface area (Å²) in [5.74, 6) is -0.247. The maximum Gasteiger partial charge on any atom is 0.319 e. The molecule has 2 N–H and O–H groups in total. The van der Waals surface area contributed by atoms with E-state index in [1.54, 1.807) is 13.2 Å². The van der Waals surface area contributed by atoms with Gasteiger partial charge in [0.2, 0.25) is 0 Å². The van der Waals surface area contributed by atoms with Crippen LogP contribution < -0.4 is 15.4 Å². The first-order valence-electron chi connectivity index (χ1n) is 6.51. The number of carbonyl (C=O) groups is 1. The number of carbonyl (C=O) groups excluding carboxylic acids is 1. The van der Waals surface area contributed by atoms with Gasteiger partial charge in [0.15, 0.2) is 5.82 Å². The first kappa shape index (κ1) is 14.6. The van der Waals surface area contributed by atoms with Gasteiger partial charge in [0, 0.05) is 7.11 Å². The molecule has 1 aromatic rings. The second-order valence-electron chi connectivity index (χ2n) is 4.96. The summed E-state index contributed by atoms with van der Waals surface area (Å²) >= 11 is 0. The summed E-state index contributed by atoms with van der Waals surface area (Å²) in [6.45, 7) is 0.453. The zero-order valence-electron chi connectivity index (χ0n) is 11.7. The van der Waals surface area contributed by atoms with Crippen LogP contribution in [0.15, 0.2) is 18.2 Å². The fourth-order valence-electron chi connectivity index (χ4n) is 2.37. The molecule has 1 aliphatic rings. The minimum Gasteiger partial charge on any atom is -0.494 e. The van der Waals surface area contributed by atoms with Crippen molar-refractivity contribution >= 4 is 11.7 Å². The SMILES string of the molecule is COCC1(NC(=O)Nc2c(F)cccc2OC)CCC1. The Balaban J connectivity index is 2.05. The molecule has 0 spiro atoms. The molecule has 0 aromatic heterocycles. The summed E-state index contributed by atoms with van der Waals surface area (Å²) in [5.41, 5.74) is -0.295. The number of hydrogen-bond acceptors (Lipinski definition) is 3. The molecule has 0 radical (unpaired) electrons. The van der Waals surface area contributed by atoms with Crippen molar-refractivity contribution in [2.75, 3.05) is 26.1 Å². The van der Waals surface area contributed by atoms with E-state index in [0.717, 1.165) is 19.3 Å². The zero-order valence-corrected chi connectivity index (χ0v) is 11.7. The number of anilines is 1. The van der Waals surface area contributed by atoms with Gasteiger partial charge < -0.3 is 20.1 Å². The molecule has 0 aliphatic heterocycles. The summed E-state index contributed by atoms with van der Waals surface area (Å²) < 4.78 is 23.9. The maximum absolute atomic E-state index is 13.7. The second kappa shape index (κ2) is 6.09. The molecule has 2 amide bonds. The van der Waals surface area contributed by atoms with Crippen LogP contribution in [0.25, 0.3) is 0 Å². The van der Waals surface area contributed by atoms with Gasteiger partial charge in [0.25, 0.3) is 0 Å². The molecule has 0 atom stereocenters. The lowest BCUT2D eigenvalue weighted by Crippen LogP contribution is -2.57. The average Bonchev–Trinajstić information content (AvgIpc) is 2.38. The number of methoxy groups -OCH3 is 2. The van der Waals surface area contributed by atoms with Crippen LogP contribution in [0.4, 0.5) is 14.9 Å².